The van der Waals surface area contributed by atoms with Gasteiger partial charge < -0.3 is 25.4 Å². The number of urea groups is 1. The van der Waals surface area contributed by atoms with E-state index < -0.39 is 0 Å². The molecule has 1 aliphatic heterocycles. The molecule has 30 heavy (non-hydrogen) atoms. The predicted molar refractivity (Wildman–Crippen MR) is 114 cm³/mol. The van der Waals surface area contributed by atoms with Gasteiger partial charge in [0, 0.05) is 29.3 Å². The first-order chi connectivity index (χ1) is 14.4. The van der Waals surface area contributed by atoms with Gasteiger partial charge in [0.25, 0.3) is 5.91 Å². The Balaban J connectivity index is 1.37. The summed E-state index contributed by atoms with van der Waals surface area (Å²) in [5, 5.41) is 8.65. The van der Waals surface area contributed by atoms with Crippen molar-refractivity contribution in [3.63, 3.8) is 0 Å². The van der Waals surface area contributed by atoms with Crippen molar-refractivity contribution in [2.45, 2.75) is 38.1 Å². The van der Waals surface area contributed by atoms with Crippen molar-refractivity contribution in [1.29, 1.82) is 0 Å². The van der Waals surface area contributed by atoms with E-state index in [9.17, 15) is 9.59 Å². The lowest BCUT2D eigenvalue weighted by Crippen LogP contribution is -2.36. The fourth-order valence-electron chi connectivity index (χ4n) is 3.29. The Labute approximate surface area is 176 Å². The lowest BCUT2D eigenvalue weighted by atomic mass is 9.84. The van der Waals surface area contributed by atoms with Crippen LogP contribution in [0.2, 0.25) is 0 Å². The molecule has 4 rings (SSSR count). The van der Waals surface area contributed by atoms with Crippen LogP contribution < -0.4 is 25.4 Å². The van der Waals surface area contributed by atoms with Crippen molar-refractivity contribution >= 4 is 17.6 Å². The molecule has 0 saturated heterocycles. The van der Waals surface area contributed by atoms with E-state index in [1.807, 2.05) is 18.2 Å². The summed E-state index contributed by atoms with van der Waals surface area (Å²) >= 11 is 0. The van der Waals surface area contributed by atoms with Crippen molar-refractivity contribution in [3.8, 4) is 11.5 Å². The summed E-state index contributed by atoms with van der Waals surface area (Å²) in [4.78, 5) is 24.6. The lowest BCUT2D eigenvalue weighted by Gasteiger charge is -2.28. The van der Waals surface area contributed by atoms with E-state index in [0.29, 0.717) is 31.0 Å². The third-order valence-electron chi connectivity index (χ3n) is 5.31. The molecular weight excluding hydrogens is 382 g/mol. The number of amides is 3. The number of rotatable bonds is 6. The summed E-state index contributed by atoms with van der Waals surface area (Å²) in [6, 6.07) is 12.9. The fourth-order valence-corrected chi connectivity index (χ4v) is 3.29. The van der Waals surface area contributed by atoms with Crippen molar-refractivity contribution < 1.29 is 19.1 Å². The molecule has 2 aromatic carbocycles. The van der Waals surface area contributed by atoms with Crippen LogP contribution in [0.4, 0.5) is 10.5 Å². The number of carbonyl (C=O) groups is 2. The van der Waals surface area contributed by atoms with E-state index in [-0.39, 0.29) is 23.4 Å². The van der Waals surface area contributed by atoms with Gasteiger partial charge in [0.05, 0.1) is 0 Å². The maximum absolute atomic E-state index is 12.7. The molecule has 1 heterocycles. The zero-order valence-electron chi connectivity index (χ0n) is 17.3. The molecule has 1 saturated carbocycles. The quantitative estimate of drug-likeness (QED) is 0.682. The summed E-state index contributed by atoms with van der Waals surface area (Å²) in [6.07, 6.45) is 2.05. The van der Waals surface area contributed by atoms with Crippen molar-refractivity contribution in [1.82, 2.24) is 10.6 Å². The van der Waals surface area contributed by atoms with Crippen molar-refractivity contribution in [2.24, 2.45) is 0 Å². The maximum atomic E-state index is 12.7. The number of nitrogens with one attached hydrogen (secondary N) is 3. The Morgan fingerprint density at radius 1 is 1.03 bits per heavy atom. The third kappa shape index (κ3) is 4.84. The Morgan fingerprint density at radius 2 is 1.80 bits per heavy atom. The van der Waals surface area contributed by atoms with Gasteiger partial charge in [-0.1, -0.05) is 26.0 Å². The number of fused-ring (bicyclic) bond motifs is 1. The molecule has 0 spiro atoms. The Hall–Kier alpha value is -3.22. The highest BCUT2D eigenvalue weighted by Crippen LogP contribution is 2.35. The molecule has 0 radical (unpaired) electrons. The predicted octanol–water partition coefficient (Wildman–Crippen LogP) is 3.45. The standard InChI is InChI=1S/C23H27N3O4/c1-23(2,16-6-9-19-20(13-16)30-11-10-29-19)14-24-21(27)15-4-3-5-18(12-15)26-22(28)25-17-7-8-17/h3-6,9,12-13,17H,7-8,10-11,14H2,1-2H3,(H,24,27)(H2,25,26,28). The summed E-state index contributed by atoms with van der Waals surface area (Å²) < 4.78 is 11.3. The highest BCUT2D eigenvalue weighted by atomic mass is 16.6. The van der Waals surface area contributed by atoms with Gasteiger partial charge in [-0.25, -0.2) is 4.79 Å². The smallest absolute Gasteiger partial charge is 0.319 e. The van der Waals surface area contributed by atoms with Crippen LogP contribution in [0.5, 0.6) is 11.5 Å². The molecule has 3 N–H and O–H groups in total. The average Bonchev–Trinajstić information content (AvgIpc) is 3.55. The van der Waals surface area contributed by atoms with Gasteiger partial charge in [0.1, 0.15) is 13.2 Å². The van der Waals surface area contributed by atoms with Crippen LogP contribution in [0.1, 0.15) is 42.6 Å². The molecule has 1 aliphatic carbocycles. The third-order valence-corrected chi connectivity index (χ3v) is 5.31. The van der Waals surface area contributed by atoms with Crippen molar-refractivity contribution in [3.05, 3.63) is 53.6 Å². The van der Waals surface area contributed by atoms with Gasteiger partial charge in [-0.2, -0.15) is 0 Å². The van der Waals surface area contributed by atoms with Crippen LogP contribution in [-0.4, -0.2) is 37.7 Å². The second-order valence-corrected chi connectivity index (χ2v) is 8.38. The number of anilines is 1. The number of hydrogen-bond acceptors (Lipinski definition) is 4. The normalized spacial score (nSPS) is 15.3. The number of carbonyl (C=O) groups excluding carboxylic acids is 2. The summed E-state index contributed by atoms with van der Waals surface area (Å²) in [7, 11) is 0. The van der Waals surface area contributed by atoms with Crippen LogP contribution >= 0.6 is 0 Å². The minimum Gasteiger partial charge on any atom is -0.486 e. The molecule has 7 nitrogen and oxygen atoms in total. The SMILES string of the molecule is CC(C)(CNC(=O)c1cccc(NC(=O)NC2CC2)c1)c1ccc2c(c1)OCCO2. The van der Waals surface area contributed by atoms with Crippen LogP contribution in [0.25, 0.3) is 0 Å². The average molecular weight is 409 g/mol. The van der Waals surface area contributed by atoms with Gasteiger partial charge >= 0.3 is 6.03 Å². The Bertz CT molecular complexity index is 953. The zero-order valence-corrected chi connectivity index (χ0v) is 17.3. The molecule has 7 heteroatoms. The Morgan fingerprint density at radius 3 is 2.57 bits per heavy atom. The molecule has 0 bridgehead atoms. The van der Waals surface area contributed by atoms with Gasteiger partial charge in [0.2, 0.25) is 0 Å². The van der Waals surface area contributed by atoms with Crippen LogP contribution in [0, 0.1) is 0 Å². The fraction of sp³-hybridized carbons (Fsp3) is 0.391. The van der Waals surface area contributed by atoms with Crippen LogP contribution in [-0.2, 0) is 5.41 Å². The van der Waals surface area contributed by atoms with E-state index in [4.69, 9.17) is 9.47 Å². The molecule has 0 unspecified atom stereocenters. The van der Waals surface area contributed by atoms with E-state index >= 15 is 0 Å². The van der Waals surface area contributed by atoms with Gasteiger partial charge in [0.15, 0.2) is 11.5 Å². The maximum Gasteiger partial charge on any atom is 0.319 e. The topological polar surface area (TPSA) is 88.7 Å². The monoisotopic (exact) mass is 409 g/mol. The summed E-state index contributed by atoms with van der Waals surface area (Å²) in [5.41, 5.74) is 1.84. The van der Waals surface area contributed by atoms with Crippen molar-refractivity contribution in [2.75, 3.05) is 25.1 Å². The molecule has 1 fully saturated rings. The minimum absolute atomic E-state index is 0.188. The minimum atomic E-state index is -0.300. The van der Waals surface area contributed by atoms with E-state index in [2.05, 4.69) is 29.8 Å². The van der Waals surface area contributed by atoms with Gasteiger partial charge in [-0.3, -0.25) is 4.79 Å². The second-order valence-electron chi connectivity index (χ2n) is 8.38. The molecule has 0 aromatic heterocycles. The largest absolute Gasteiger partial charge is 0.486 e. The van der Waals surface area contributed by atoms with Gasteiger partial charge in [-0.15, -0.1) is 0 Å². The first-order valence-corrected chi connectivity index (χ1v) is 10.3. The summed E-state index contributed by atoms with van der Waals surface area (Å²) in [5.74, 6) is 1.30. The highest BCUT2D eigenvalue weighted by Gasteiger charge is 2.25. The molecular formula is C23H27N3O4. The molecule has 158 valence electrons. The van der Waals surface area contributed by atoms with Gasteiger partial charge in [-0.05, 0) is 48.7 Å². The van der Waals surface area contributed by atoms with E-state index in [0.717, 1.165) is 29.9 Å². The number of benzene rings is 2. The van der Waals surface area contributed by atoms with E-state index in [1.165, 1.54) is 0 Å². The van der Waals surface area contributed by atoms with E-state index in [1.54, 1.807) is 24.3 Å². The first kappa shape index (κ1) is 20.1. The second kappa shape index (κ2) is 8.26. The lowest BCUT2D eigenvalue weighted by molar-refractivity contribution is 0.0945. The summed E-state index contributed by atoms with van der Waals surface area (Å²) in [6.45, 7) is 5.68. The molecule has 0 atom stereocenters. The van der Waals surface area contributed by atoms with Crippen LogP contribution in [0.15, 0.2) is 42.5 Å². The van der Waals surface area contributed by atoms with Crippen LogP contribution in [0.3, 0.4) is 0 Å². The number of ether oxygens (including phenoxy) is 2. The molecule has 3 amide bonds. The highest BCUT2D eigenvalue weighted by molar-refractivity contribution is 5.97. The molecule has 2 aromatic rings. The first-order valence-electron chi connectivity index (χ1n) is 10.3. The number of hydrogen-bond donors (Lipinski definition) is 3. The Kier molecular flexibility index (Phi) is 5.53. The molecule has 2 aliphatic rings. The zero-order chi connectivity index (χ0) is 21.1.